The summed E-state index contributed by atoms with van der Waals surface area (Å²) < 4.78 is 13.0. The molecule has 7 bridgehead atoms. The van der Waals surface area contributed by atoms with E-state index in [0.29, 0.717) is 30.8 Å². The molecule has 13 nitrogen and oxygen atoms in total. The van der Waals surface area contributed by atoms with Gasteiger partial charge in [0.25, 0.3) is 0 Å². The van der Waals surface area contributed by atoms with Gasteiger partial charge in [0.1, 0.15) is 46.6 Å². The van der Waals surface area contributed by atoms with Crippen molar-refractivity contribution >= 4 is 39.4 Å². The van der Waals surface area contributed by atoms with Crippen molar-refractivity contribution in [2.24, 2.45) is 45.3 Å². The van der Waals surface area contributed by atoms with E-state index in [9.17, 15) is 40.2 Å². The number of carbonyl (C=O) groups is 3. The lowest BCUT2D eigenvalue weighted by molar-refractivity contribution is -0.356. The molecule has 4 spiro atoms. The van der Waals surface area contributed by atoms with Crippen LogP contribution in [-0.2, 0) is 22.6 Å². The van der Waals surface area contributed by atoms with E-state index in [1.165, 1.54) is 39.5 Å². The normalized spacial score (nSPS) is 40.4. The predicted molar refractivity (Wildman–Crippen MR) is 258 cm³/mol. The zero-order chi connectivity index (χ0) is 47.7. The van der Waals surface area contributed by atoms with Crippen LogP contribution >= 0.6 is 21.6 Å². The highest BCUT2D eigenvalue weighted by molar-refractivity contribution is 8.76. The zero-order valence-corrected chi connectivity index (χ0v) is 40.0. The molecule has 0 unspecified atom stereocenters. The van der Waals surface area contributed by atoms with Crippen molar-refractivity contribution in [3.8, 4) is 5.75 Å². The van der Waals surface area contributed by atoms with Crippen LogP contribution in [0.15, 0.2) is 101 Å². The molecule has 12 rings (SSSR count). The van der Waals surface area contributed by atoms with Crippen LogP contribution in [0, 0.1) is 45.3 Å². The summed E-state index contributed by atoms with van der Waals surface area (Å²) in [5, 5.41) is 79.5. The summed E-state index contributed by atoms with van der Waals surface area (Å²) in [5.41, 5.74) is -2.86. The Bertz CT molecular complexity index is 2690. The van der Waals surface area contributed by atoms with Crippen molar-refractivity contribution < 1.29 is 54.5 Å². The van der Waals surface area contributed by atoms with Gasteiger partial charge in [-0.1, -0.05) is 89.1 Å². The van der Waals surface area contributed by atoms with Gasteiger partial charge in [0.2, 0.25) is 6.29 Å². The van der Waals surface area contributed by atoms with Gasteiger partial charge in [-0.3, -0.25) is 9.59 Å². The number of aliphatic hydroxyl groups excluding tert-OH is 5. The second-order valence-corrected chi connectivity index (χ2v) is 24.5. The second-order valence-electron chi connectivity index (χ2n) is 22.0. The maximum absolute atomic E-state index is 15.5. The van der Waals surface area contributed by atoms with Gasteiger partial charge < -0.3 is 55.5 Å². The number of hydrogen-bond acceptors (Lipinski definition) is 15. The molecule has 10 aliphatic rings. The highest BCUT2D eigenvalue weighted by Crippen LogP contribution is 2.75. The minimum absolute atomic E-state index is 0.0110. The van der Waals surface area contributed by atoms with Gasteiger partial charge in [0, 0.05) is 35.1 Å². The number of hydrogen-bond donors (Lipinski definition) is 8. The maximum Gasteiger partial charge on any atom is 0.230 e. The fourth-order valence-electron chi connectivity index (χ4n) is 15.7. The van der Waals surface area contributed by atoms with E-state index in [4.69, 9.17) is 9.47 Å². The number of nitrogens with one attached hydrogen (secondary N) is 2. The highest BCUT2D eigenvalue weighted by atomic mass is 33.1. The molecule has 4 fully saturated rings. The number of fused-ring (bicyclic) bond motifs is 2. The van der Waals surface area contributed by atoms with Gasteiger partial charge in [-0.2, -0.15) is 0 Å². The number of dihydropyridines is 1. The molecule has 0 aromatic heterocycles. The van der Waals surface area contributed by atoms with Crippen LogP contribution < -0.4 is 15.4 Å². The van der Waals surface area contributed by atoms with Crippen molar-refractivity contribution in [3.05, 3.63) is 123 Å². The first-order valence-electron chi connectivity index (χ1n) is 24.7. The van der Waals surface area contributed by atoms with E-state index in [-0.39, 0.29) is 57.7 Å². The summed E-state index contributed by atoms with van der Waals surface area (Å²) in [7, 11) is 2.81. The molecule has 0 amide bonds. The zero-order valence-electron chi connectivity index (χ0n) is 38.4. The largest absolute Gasteiger partial charge is 0.511 e. The Kier molecular flexibility index (Phi) is 10.9. The average Bonchev–Trinajstić information content (AvgIpc) is 4.04. The van der Waals surface area contributed by atoms with E-state index < -0.39 is 70.5 Å². The van der Waals surface area contributed by atoms with Gasteiger partial charge in [-0.25, -0.2) is 0 Å². The Hall–Kier alpha value is -4.19. The molecule has 3 aliphatic heterocycles. The minimum atomic E-state index is -2.40. The number of ketones is 2. The topological polar surface area (TPSA) is 215 Å². The van der Waals surface area contributed by atoms with Crippen LogP contribution in [0.1, 0.15) is 96.1 Å². The molecule has 3 heterocycles. The van der Waals surface area contributed by atoms with Crippen LogP contribution in [0.5, 0.6) is 5.75 Å². The number of Topliss-reactive ketones (excluding diaryl/α,β-unsaturated/α-hetero) is 2. The van der Waals surface area contributed by atoms with Crippen LogP contribution in [0.2, 0.25) is 0 Å². The van der Waals surface area contributed by atoms with Crippen LogP contribution in [-0.4, -0.2) is 103 Å². The number of ether oxygens (including phenoxy) is 2. The van der Waals surface area contributed by atoms with Gasteiger partial charge in [0.15, 0.2) is 11.6 Å². The molecule has 3 saturated carbocycles. The second kappa shape index (κ2) is 16.4. The number of aldehydes is 1. The molecular weight excluding hydrogens is 917 g/mol. The Labute approximate surface area is 409 Å². The van der Waals surface area contributed by atoms with Gasteiger partial charge >= 0.3 is 0 Å². The quantitative estimate of drug-likeness (QED) is 0.0993. The molecular formula is C54H60N2O11S2. The van der Waals surface area contributed by atoms with Gasteiger partial charge in [-0.05, 0) is 121 Å². The third-order valence-electron chi connectivity index (χ3n) is 18.7. The fraction of sp³-hybridized carbons (Fsp3) is 0.537. The summed E-state index contributed by atoms with van der Waals surface area (Å²) in [6, 6.07) is 12.0. The lowest BCUT2D eigenvalue weighted by Crippen LogP contribution is -2.78. The third-order valence-corrected chi connectivity index (χ3v) is 20.9. The maximum atomic E-state index is 15.5. The van der Waals surface area contributed by atoms with E-state index in [1.807, 2.05) is 30.3 Å². The molecule has 2 aromatic carbocycles. The monoisotopic (exact) mass is 976 g/mol. The van der Waals surface area contributed by atoms with Gasteiger partial charge in [0.05, 0.1) is 36.4 Å². The number of aliphatic hydroxyl groups is 6. The number of carbonyl (C=O) groups excluding carboxylic acids is 3. The number of rotatable bonds is 5. The average molecular weight is 977 g/mol. The van der Waals surface area contributed by atoms with E-state index in [2.05, 4.69) is 16.7 Å². The molecule has 0 radical (unpaired) electrons. The van der Waals surface area contributed by atoms with Crippen LogP contribution in [0.25, 0.3) is 0 Å². The lowest BCUT2D eigenvalue weighted by atomic mass is 9.49. The lowest BCUT2D eigenvalue weighted by Gasteiger charge is -2.62. The summed E-state index contributed by atoms with van der Waals surface area (Å²) in [6.45, 7) is -0.395. The third kappa shape index (κ3) is 6.49. The first-order chi connectivity index (χ1) is 33.3. The van der Waals surface area contributed by atoms with Crippen molar-refractivity contribution in [3.63, 3.8) is 0 Å². The minimum Gasteiger partial charge on any atom is -0.511 e. The Morgan fingerprint density at radius 2 is 1.77 bits per heavy atom. The van der Waals surface area contributed by atoms with E-state index >= 15 is 4.79 Å². The molecule has 364 valence electrons. The van der Waals surface area contributed by atoms with Crippen molar-refractivity contribution in [2.45, 2.75) is 107 Å². The fourth-order valence-corrected chi connectivity index (χ4v) is 18.0. The molecule has 12 atom stereocenters. The summed E-state index contributed by atoms with van der Waals surface area (Å²) in [5.74, 6) is -2.47. The van der Waals surface area contributed by atoms with Crippen molar-refractivity contribution in [2.75, 3.05) is 24.8 Å². The van der Waals surface area contributed by atoms with Gasteiger partial charge in [-0.15, -0.1) is 0 Å². The summed E-state index contributed by atoms with van der Waals surface area (Å²) in [6.07, 6.45) is 14.0. The Morgan fingerprint density at radius 1 is 0.957 bits per heavy atom. The van der Waals surface area contributed by atoms with Crippen LogP contribution in [0.3, 0.4) is 0 Å². The number of allylic oxidation sites excluding steroid dienone is 6. The summed E-state index contributed by atoms with van der Waals surface area (Å²) >= 11 is 0. The molecule has 69 heavy (non-hydrogen) atoms. The molecule has 15 heteroatoms. The van der Waals surface area contributed by atoms with E-state index in [1.54, 1.807) is 30.4 Å². The standard InChI is InChI=1S/C54H60N2O11S2/c57-23-31-6-3-5-30(15-31)16-32-17-38-44(61)36-7-4-8-39-43(36)45(62)53(38,41(60)18-32)28-68-69-29-56-42-19-37-33(22-55-42)9-10-34-21-50(25-49(12-1-2-13-49)20-35(50)24-58)26-52(34,37)40-11-14-51(27-59)48(64)54(40,65)46(63)47(66-39)67-51/h3-8,11,14-15,17-19,24,34-35,38,40,46-48,55-57,59-60,63-65H,1-2,9-10,12-13,16,20-23,25-29H2/t34-,35+,38+,40-,46-,47+,48+,50+,51+,52-,53-,54+/m0/s1. The summed E-state index contributed by atoms with van der Waals surface area (Å²) in [4.78, 5) is 43.8. The predicted octanol–water partition coefficient (Wildman–Crippen LogP) is 5.92. The van der Waals surface area contributed by atoms with E-state index in [0.717, 1.165) is 80.3 Å². The smallest absolute Gasteiger partial charge is 0.230 e. The molecule has 7 aliphatic carbocycles. The SMILES string of the molecule is O=C[C@H]1CC2(CCCC2)C[C@@]12C[C@@H]1CCC3=C4C=C(NCSSC[C@]56C(=O)c7c(cccc7C(=O)[C@H]5C=C(Cc5cccc(CO)c5)C=C6O)O[C@@H]5O[C@@]6(CO)C=C[C@@H]([C@]41C2)[C@@](O)([C@H]5O)[C@@H]6O)NC3. The number of benzene rings is 2. The van der Waals surface area contributed by atoms with Crippen molar-refractivity contribution in [1.29, 1.82) is 0 Å². The first-order valence-corrected chi connectivity index (χ1v) is 27.1. The van der Waals surface area contributed by atoms with Crippen molar-refractivity contribution in [1.82, 2.24) is 10.6 Å². The molecule has 1 saturated heterocycles. The Balaban J connectivity index is 0.993. The Morgan fingerprint density at radius 3 is 2.57 bits per heavy atom. The molecule has 2 aromatic rings. The highest BCUT2D eigenvalue weighted by Gasteiger charge is 2.75. The molecule has 8 N–H and O–H groups in total. The first kappa shape index (κ1) is 45.9. The van der Waals surface area contributed by atoms with Crippen LogP contribution in [0.4, 0.5) is 0 Å².